The van der Waals surface area contributed by atoms with Gasteiger partial charge in [-0.2, -0.15) is 0 Å². The van der Waals surface area contributed by atoms with Crippen LogP contribution in [0.25, 0.3) is 0 Å². The highest BCUT2D eigenvalue weighted by molar-refractivity contribution is 8.01. The first-order chi connectivity index (χ1) is 14.5. The predicted octanol–water partition coefficient (Wildman–Crippen LogP) is 4.92. The number of H-pyrrole nitrogens is 1. The van der Waals surface area contributed by atoms with Crippen LogP contribution in [-0.2, 0) is 9.59 Å². The number of benzene rings is 2. The van der Waals surface area contributed by atoms with Crippen LogP contribution in [0.2, 0.25) is 0 Å². The lowest BCUT2D eigenvalue weighted by Crippen LogP contribution is -2.32. The minimum absolute atomic E-state index is 0.160. The highest BCUT2D eigenvalue weighted by atomic mass is 32.2. The van der Waals surface area contributed by atoms with Crippen molar-refractivity contribution in [1.82, 2.24) is 4.98 Å². The van der Waals surface area contributed by atoms with E-state index in [1.54, 1.807) is 7.11 Å². The second kappa shape index (κ2) is 7.37. The number of carbonyl (C=O) groups excluding carboxylic acids is 2. The summed E-state index contributed by atoms with van der Waals surface area (Å²) >= 11 is 8.27. The lowest BCUT2D eigenvalue weighted by atomic mass is 9.83. The summed E-state index contributed by atoms with van der Waals surface area (Å²) in [5, 5.41) is 0.401. The van der Waals surface area contributed by atoms with Gasteiger partial charge in [-0.05, 0) is 49.0 Å². The second-order valence-electron chi connectivity index (χ2n) is 7.37. The van der Waals surface area contributed by atoms with Gasteiger partial charge in [0.05, 0.1) is 23.7 Å². The largest absolute Gasteiger partial charge is 0.497 e. The molecule has 1 aromatic heterocycles. The Hall–Kier alpha value is -2.42. The van der Waals surface area contributed by atoms with Crippen LogP contribution in [0.5, 0.6) is 5.75 Å². The number of amides is 2. The average Bonchev–Trinajstić information content (AvgIpc) is 3.24. The zero-order valence-electron chi connectivity index (χ0n) is 16.2. The van der Waals surface area contributed by atoms with Gasteiger partial charge in [-0.1, -0.05) is 41.6 Å². The van der Waals surface area contributed by atoms with Crippen LogP contribution < -0.4 is 9.64 Å². The second-order valence-corrected chi connectivity index (χ2v) is 10.2. The molecule has 0 aliphatic carbocycles. The number of aromatic nitrogens is 1. The van der Waals surface area contributed by atoms with Crippen molar-refractivity contribution in [2.75, 3.05) is 12.0 Å². The third kappa shape index (κ3) is 3.02. The number of carbonyl (C=O) groups is 2. The molecule has 8 heteroatoms. The van der Waals surface area contributed by atoms with E-state index in [4.69, 9.17) is 17.0 Å². The van der Waals surface area contributed by atoms with Gasteiger partial charge in [0, 0.05) is 10.8 Å². The summed E-state index contributed by atoms with van der Waals surface area (Å²) in [6.07, 6.45) is 0. The van der Waals surface area contributed by atoms with Crippen LogP contribution in [-0.4, -0.2) is 29.2 Å². The van der Waals surface area contributed by atoms with E-state index in [1.807, 2.05) is 55.5 Å². The Kier molecular flexibility index (Phi) is 4.80. The molecule has 2 aliphatic heterocycles. The summed E-state index contributed by atoms with van der Waals surface area (Å²) in [5.41, 5.74) is 2.68. The fourth-order valence-corrected chi connectivity index (χ4v) is 7.10. The molecule has 0 unspecified atom stereocenters. The average molecular weight is 455 g/mol. The SMILES string of the molecule is COc1ccc([C@@H]2c3sc(=S)[nH]c3S[C@@H]3C(=O)N(c4ccc(C)cc4)C(=O)[C@@H]23)cc1. The number of rotatable bonds is 3. The monoisotopic (exact) mass is 454 g/mol. The van der Waals surface area contributed by atoms with Gasteiger partial charge in [-0.25, -0.2) is 4.90 Å². The Balaban J connectivity index is 1.63. The van der Waals surface area contributed by atoms with E-state index in [1.165, 1.54) is 28.0 Å². The summed E-state index contributed by atoms with van der Waals surface area (Å²) in [6.45, 7) is 1.98. The van der Waals surface area contributed by atoms with Gasteiger partial charge in [-0.3, -0.25) is 9.59 Å². The Labute approximate surface area is 187 Å². The van der Waals surface area contributed by atoms with Crippen LogP contribution in [0.1, 0.15) is 21.9 Å². The fourth-order valence-electron chi connectivity index (χ4n) is 4.14. The quantitative estimate of drug-likeness (QED) is 0.450. The molecule has 152 valence electrons. The zero-order chi connectivity index (χ0) is 21.0. The third-order valence-electron chi connectivity index (χ3n) is 5.59. The summed E-state index contributed by atoms with van der Waals surface area (Å²) < 4.78 is 5.94. The van der Waals surface area contributed by atoms with Crippen molar-refractivity contribution in [1.29, 1.82) is 0 Å². The molecule has 0 spiro atoms. The van der Waals surface area contributed by atoms with Crippen molar-refractivity contribution < 1.29 is 14.3 Å². The van der Waals surface area contributed by atoms with E-state index in [0.717, 1.165) is 26.8 Å². The van der Waals surface area contributed by atoms with Crippen molar-refractivity contribution >= 4 is 52.8 Å². The summed E-state index contributed by atoms with van der Waals surface area (Å²) in [4.78, 5) is 32.5. The molecule has 2 aliphatic rings. The Bertz CT molecular complexity index is 1200. The maximum atomic E-state index is 13.6. The number of thioether (sulfide) groups is 1. The van der Waals surface area contributed by atoms with Gasteiger partial charge < -0.3 is 9.72 Å². The number of thiazole rings is 1. The number of ether oxygens (including phenoxy) is 1. The van der Waals surface area contributed by atoms with Gasteiger partial charge in [0.15, 0.2) is 3.95 Å². The van der Waals surface area contributed by atoms with Crippen LogP contribution in [0.4, 0.5) is 5.69 Å². The fraction of sp³-hybridized carbons (Fsp3) is 0.227. The predicted molar refractivity (Wildman–Crippen MR) is 121 cm³/mol. The minimum Gasteiger partial charge on any atom is -0.497 e. The number of methoxy groups -OCH3 is 1. The molecular formula is C22H18N2O3S3. The van der Waals surface area contributed by atoms with Crippen molar-refractivity contribution in [3.63, 3.8) is 0 Å². The molecule has 1 saturated heterocycles. The van der Waals surface area contributed by atoms with Gasteiger partial charge in [0.2, 0.25) is 11.8 Å². The molecule has 1 fully saturated rings. The Morgan fingerprint density at radius 2 is 1.73 bits per heavy atom. The molecular weight excluding hydrogens is 436 g/mol. The number of hydrogen-bond donors (Lipinski definition) is 1. The molecule has 0 radical (unpaired) electrons. The van der Waals surface area contributed by atoms with Gasteiger partial charge in [0.1, 0.15) is 11.0 Å². The van der Waals surface area contributed by atoms with Crippen LogP contribution in [0.15, 0.2) is 53.6 Å². The van der Waals surface area contributed by atoms with Gasteiger partial charge in [0.25, 0.3) is 0 Å². The first-order valence-electron chi connectivity index (χ1n) is 9.46. The van der Waals surface area contributed by atoms with Crippen molar-refractivity contribution in [3.05, 3.63) is 68.5 Å². The number of hydrogen-bond acceptors (Lipinski definition) is 6. The number of fused-ring (bicyclic) bond motifs is 2. The Morgan fingerprint density at radius 1 is 1.03 bits per heavy atom. The minimum atomic E-state index is -0.487. The van der Waals surface area contributed by atoms with Crippen LogP contribution in [0.3, 0.4) is 0 Å². The third-order valence-corrected chi connectivity index (χ3v) is 8.34. The lowest BCUT2D eigenvalue weighted by Gasteiger charge is -2.30. The van der Waals surface area contributed by atoms with Crippen LogP contribution >= 0.6 is 35.3 Å². The lowest BCUT2D eigenvalue weighted by molar-refractivity contribution is -0.122. The normalized spacial score (nSPS) is 22.7. The van der Waals surface area contributed by atoms with E-state index < -0.39 is 11.2 Å². The molecule has 0 bridgehead atoms. The smallest absolute Gasteiger partial charge is 0.248 e. The molecule has 3 aromatic rings. The standard InChI is InChI=1S/C22H18N2O3S3/c1-11-3-7-13(8-4-11)24-20(25)16-15(12-5-9-14(27-2)10-6-12)17-19(23-22(28)30-17)29-18(16)21(24)26/h3-10,15-16,18H,1-2H3,(H,23,28)/t15-,16-,18-/m0/s1. The first-order valence-corrected chi connectivity index (χ1v) is 11.6. The molecule has 5 rings (SSSR count). The van der Waals surface area contributed by atoms with Crippen molar-refractivity contribution in [3.8, 4) is 5.75 Å². The molecule has 3 heterocycles. The first kappa shape index (κ1) is 19.5. The van der Waals surface area contributed by atoms with Crippen molar-refractivity contribution in [2.45, 2.75) is 23.1 Å². The summed E-state index contributed by atoms with van der Waals surface area (Å²) in [7, 11) is 1.62. The molecule has 0 saturated carbocycles. The number of nitrogens with zero attached hydrogens (tertiary/aromatic N) is 1. The maximum Gasteiger partial charge on any atom is 0.248 e. The number of aromatic amines is 1. The topological polar surface area (TPSA) is 62.4 Å². The van der Waals surface area contributed by atoms with Crippen LogP contribution in [0, 0.1) is 16.8 Å². The van der Waals surface area contributed by atoms with Gasteiger partial charge in [-0.15, -0.1) is 11.3 Å². The van der Waals surface area contributed by atoms with E-state index in [2.05, 4.69) is 4.98 Å². The summed E-state index contributed by atoms with van der Waals surface area (Å²) in [6, 6.07) is 15.2. The number of nitrogens with one attached hydrogen (secondary N) is 1. The molecule has 1 N–H and O–H groups in total. The molecule has 5 nitrogen and oxygen atoms in total. The molecule has 3 atom stereocenters. The maximum absolute atomic E-state index is 13.6. The molecule has 2 amide bonds. The number of anilines is 1. The molecule has 2 aromatic carbocycles. The zero-order valence-corrected chi connectivity index (χ0v) is 18.7. The van der Waals surface area contributed by atoms with Gasteiger partial charge >= 0.3 is 0 Å². The van der Waals surface area contributed by atoms with E-state index in [0.29, 0.717) is 9.64 Å². The van der Waals surface area contributed by atoms with E-state index in [9.17, 15) is 9.59 Å². The summed E-state index contributed by atoms with van der Waals surface area (Å²) in [5.74, 6) is -0.300. The van der Waals surface area contributed by atoms with E-state index >= 15 is 0 Å². The molecule has 30 heavy (non-hydrogen) atoms. The number of imide groups is 1. The highest BCUT2D eigenvalue weighted by Crippen LogP contribution is 2.54. The van der Waals surface area contributed by atoms with Crippen molar-refractivity contribution in [2.24, 2.45) is 5.92 Å². The Morgan fingerprint density at radius 3 is 2.40 bits per heavy atom. The number of aryl methyl sites for hydroxylation is 1. The van der Waals surface area contributed by atoms with E-state index in [-0.39, 0.29) is 17.7 Å². The highest BCUT2D eigenvalue weighted by Gasteiger charge is 2.56.